The molecule has 0 N–H and O–H groups in total. The highest BCUT2D eigenvalue weighted by Gasteiger charge is 1.80. The summed E-state index contributed by atoms with van der Waals surface area (Å²) in [6, 6.07) is 0. The Morgan fingerprint density at radius 1 is 1.44 bits per heavy atom. The molecule has 0 rings (SSSR count). The summed E-state index contributed by atoms with van der Waals surface area (Å²) in [5.74, 6) is 2.94. The van der Waals surface area contributed by atoms with Gasteiger partial charge in [0.2, 0.25) is 0 Å². The minimum Gasteiger partial charge on any atom is -0.103 e. The normalized spacial score (nSPS) is 7.67. The molecule has 0 unspecified atom stereocenters. The SMILES string of the molecule is C=CCCCCC#CBr. The van der Waals surface area contributed by atoms with Gasteiger partial charge in [-0.15, -0.1) is 6.58 Å². The van der Waals surface area contributed by atoms with E-state index >= 15 is 0 Å². The van der Waals surface area contributed by atoms with E-state index in [4.69, 9.17) is 0 Å². The average molecular weight is 187 g/mol. The molecule has 0 heterocycles. The van der Waals surface area contributed by atoms with Crippen LogP contribution in [0.15, 0.2) is 12.7 Å². The van der Waals surface area contributed by atoms with Gasteiger partial charge >= 0.3 is 0 Å². The highest BCUT2D eigenvalue weighted by molar-refractivity contribution is 9.12. The Balaban J connectivity index is 2.88. The number of hydrogen-bond acceptors (Lipinski definition) is 0. The third kappa shape index (κ3) is 7.78. The van der Waals surface area contributed by atoms with Gasteiger partial charge in [0, 0.05) is 22.4 Å². The smallest absolute Gasteiger partial charge is 0.0106 e. The highest BCUT2D eigenvalue weighted by Crippen LogP contribution is 1.98. The van der Waals surface area contributed by atoms with Crippen molar-refractivity contribution in [3.63, 3.8) is 0 Å². The third-order valence-electron chi connectivity index (χ3n) is 1.03. The molecule has 0 aromatic carbocycles. The lowest BCUT2D eigenvalue weighted by molar-refractivity contribution is 0.773. The zero-order valence-electron chi connectivity index (χ0n) is 5.49. The second kappa shape index (κ2) is 7.78. The average Bonchev–Trinajstić information content (AvgIpc) is 1.89. The first-order valence-electron chi connectivity index (χ1n) is 3.11. The van der Waals surface area contributed by atoms with Crippen LogP contribution >= 0.6 is 15.9 Å². The van der Waals surface area contributed by atoms with Gasteiger partial charge in [0.25, 0.3) is 0 Å². The van der Waals surface area contributed by atoms with Crippen LogP contribution in [0.1, 0.15) is 25.7 Å². The van der Waals surface area contributed by atoms with Crippen molar-refractivity contribution in [3.05, 3.63) is 12.7 Å². The quantitative estimate of drug-likeness (QED) is 0.360. The number of hydrogen-bond donors (Lipinski definition) is 0. The molecule has 0 atom stereocenters. The summed E-state index contributed by atoms with van der Waals surface area (Å²) in [6.45, 7) is 3.63. The third-order valence-corrected chi connectivity index (χ3v) is 1.31. The second-order valence-corrected chi connectivity index (χ2v) is 2.20. The van der Waals surface area contributed by atoms with E-state index in [1.54, 1.807) is 0 Å². The van der Waals surface area contributed by atoms with E-state index in [2.05, 4.69) is 33.3 Å². The van der Waals surface area contributed by atoms with E-state index in [0.717, 1.165) is 12.8 Å². The molecule has 0 aliphatic carbocycles. The number of rotatable bonds is 4. The topological polar surface area (TPSA) is 0 Å². The van der Waals surface area contributed by atoms with Gasteiger partial charge in [-0.3, -0.25) is 0 Å². The highest BCUT2D eigenvalue weighted by atomic mass is 79.9. The van der Waals surface area contributed by atoms with Crippen LogP contribution in [-0.2, 0) is 0 Å². The molecular weight excluding hydrogens is 176 g/mol. The zero-order chi connectivity index (χ0) is 6.95. The summed E-state index contributed by atoms with van der Waals surface area (Å²) in [4.78, 5) is 2.68. The predicted molar refractivity (Wildman–Crippen MR) is 45.4 cm³/mol. The molecule has 0 spiro atoms. The molecule has 0 aromatic heterocycles. The van der Waals surface area contributed by atoms with Gasteiger partial charge in [-0.05, 0) is 24.1 Å². The van der Waals surface area contributed by atoms with Crippen molar-refractivity contribution in [1.29, 1.82) is 0 Å². The fourth-order valence-corrected chi connectivity index (χ4v) is 0.748. The van der Waals surface area contributed by atoms with Gasteiger partial charge in [0.15, 0.2) is 0 Å². The predicted octanol–water partition coefficient (Wildman–Crippen LogP) is 3.09. The van der Waals surface area contributed by atoms with Gasteiger partial charge in [0.1, 0.15) is 0 Å². The fraction of sp³-hybridized carbons (Fsp3) is 0.500. The maximum Gasteiger partial charge on any atom is 0.0106 e. The van der Waals surface area contributed by atoms with E-state index in [1.165, 1.54) is 12.8 Å². The molecule has 0 saturated heterocycles. The summed E-state index contributed by atoms with van der Waals surface area (Å²) in [5, 5.41) is 0. The van der Waals surface area contributed by atoms with Gasteiger partial charge in [-0.1, -0.05) is 12.0 Å². The van der Waals surface area contributed by atoms with Crippen LogP contribution in [0.3, 0.4) is 0 Å². The summed E-state index contributed by atoms with van der Waals surface area (Å²) >= 11 is 3.04. The molecule has 0 radical (unpaired) electrons. The fourth-order valence-electron chi connectivity index (χ4n) is 0.549. The molecule has 0 aliphatic heterocycles. The zero-order valence-corrected chi connectivity index (χ0v) is 7.08. The molecule has 0 saturated carbocycles. The van der Waals surface area contributed by atoms with Crippen LogP contribution < -0.4 is 0 Å². The lowest BCUT2D eigenvalue weighted by atomic mass is 10.2. The van der Waals surface area contributed by atoms with Crippen molar-refractivity contribution in [1.82, 2.24) is 0 Å². The number of unbranched alkanes of at least 4 members (excludes halogenated alkanes) is 3. The van der Waals surface area contributed by atoms with E-state index in [1.807, 2.05) is 6.08 Å². The summed E-state index contributed by atoms with van der Waals surface area (Å²) < 4.78 is 0. The van der Waals surface area contributed by atoms with Crippen LogP contribution in [-0.4, -0.2) is 0 Å². The van der Waals surface area contributed by atoms with Crippen molar-refractivity contribution in [3.8, 4) is 10.8 Å². The van der Waals surface area contributed by atoms with E-state index in [-0.39, 0.29) is 0 Å². The largest absolute Gasteiger partial charge is 0.103 e. The summed E-state index contributed by atoms with van der Waals surface area (Å²) in [7, 11) is 0. The molecule has 0 aliphatic rings. The monoisotopic (exact) mass is 186 g/mol. The van der Waals surface area contributed by atoms with Crippen LogP contribution in [0.25, 0.3) is 0 Å². The first-order chi connectivity index (χ1) is 4.41. The van der Waals surface area contributed by atoms with E-state index < -0.39 is 0 Å². The first kappa shape index (κ1) is 8.78. The Morgan fingerprint density at radius 2 is 2.22 bits per heavy atom. The van der Waals surface area contributed by atoms with E-state index in [9.17, 15) is 0 Å². The van der Waals surface area contributed by atoms with Crippen molar-refractivity contribution in [2.75, 3.05) is 0 Å². The van der Waals surface area contributed by atoms with Crippen molar-refractivity contribution >= 4 is 15.9 Å². The Kier molecular flexibility index (Phi) is 7.59. The summed E-state index contributed by atoms with van der Waals surface area (Å²) in [6.07, 6.45) is 6.46. The molecular formula is C8H11Br. The van der Waals surface area contributed by atoms with Gasteiger partial charge in [-0.25, -0.2) is 0 Å². The molecule has 9 heavy (non-hydrogen) atoms. The van der Waals surface area contributed by atoms with Crippen LogP contribution in [0.2, 0.25) is 0 Å². The van der Waals surface area contributed by atoms with Gasteiger partial charge in [-0.2, -0.15) is 0 Å². The van der Waals surface area contributed by atoms with Crippen LogP contribution in [0.5, 0.6) is 0 Å². The number of allylic oxidation sites excluding steroid dienone is 1. The maximum atomic E-state index is 3.63. The summed E-state index contributed by atoms with van der Waals surface area (Å²) in [5.41, 5.74) is 0. The van der Waals surface area contributed by atoms with E-state index in [0.29, 0.717) is 0 Å². The van der Waals surface area contributed by atoms with Crippen molar-refractivity contribution in [2.24, 2.45) is 0 Å². The van der Waals surface area contributed by atoms with Crippen molar-refractivity contribution < 1.29 is 0 Å². The Labute approximate surface area is 65.5 Å². The van der Waals surface area contributed by atoms with Gasteiger partial charge in [0.05, 0.1) is 0 Å². The Hall–Kier alpha value is -0.220. The standard InChI is InChI=1S/C8H11Br/c1-2-3-4-5-6-7-8-9/h2H,1,3-6H2. The van der Waals surface area contributed by atoms with Crippen LogP contribution in [0, 0.1) is 10.8 Å². The second-order valence-electron chi connectivity index (χ2n) is 1.81. The lowest BCUT2D eigenvalue weighted by Crippen LogP contribution is -1.70. The van der Waals surface area contributed by atoms with Crippen molar-refractivity contribution in [2.45, 2.75) is 25.7 Å². The van der Waals surface area contributed by atoms with Gasteiger partial charge < -0.3 is 0 Å². The molecule has 1 heteroatoms. The Bertz CT molecular complexity index is 116. The molecule has 0 amide bonds. The lowest BCUT2D eigenvalue weighted by Gasteiger charge is -1.88. The minimum absolute atomic E-state index is 0.999. The first-order valence-corrected chi connectivity index (χ1v) is 3.90. The molecule has 0 fully saturated rings. The molecule has 50 valence electrons. The molecule has 0 aromatic rings. The molecule has 0 bridgehead atoms. The number of halogens is 1. The minimum atomic E-state index is 0.999. The van der Waals surface area contributed by atoms with Crippen LogP contribution in [0.4, 0.5) is 0 Å². The Morgan fingerprint density at radius 3 is 2.78 bits per heavy atom. The molecule has 0 nitrogen and oxygen atoms in total. The maximum absolute atomic E-state index is 3.63.